The fraction of sp³-hybridized carbons (Fsp3) is 0.400. The number of H-pyrrole nitrogens is 1. The van der Waals surface area contributed by atoms with Crippen molar-refractivity contribution in [2.24, 2.45) is 0 Å². The third kappa shape index (κ3) is 5.44. The summed E-state index contributed by atoms with van der Waals surface area (Å²) in [5.41, 5.74) is 0.640. The van der Waals surface area contributed by atoms with Crippen LogP contribution in [0.2, 0.25) is 0 Å². The topological polar surface area (TPSA) is 117 Å². The maximum Gasteiger partial charge on any atom is 0.257 e. The first-order valence-corrected chi connectivity index (χ1v) is 10.1. The lowest BCUT2D eigenvalue weighted by atomic mass is 10.2. The van der Waals surface area contributed by atoms with Crippen LogP contribution in [0.15, 0.2) is 34.6 Å². The highest BCUT2D eigenvalue weighted by molar-refractivity contribution is 7.99. The van der Waals surface area contributed by atoms with Crippen molar-refractivity contribution in [3.8, 4) is 5.75 Å². The molecule has 2 N–H and O–H groups in total. The van der Waals surface area contributed by atoms with Gasteiger partial charge in [0.25, 0.3) is 5.91 Å². The molecule has 142 valence electrons. The molecular formula is C15H21N5O4S2. The van der Waals surface area contributed by atoms with Crippen LogP contribution in [0.25, 0.3) is 0 Å². The zero-order valence-electron chi connectivity index (χ0n) is 14.7. The van der Waals surface area contributed by atoms with Crippen LogP contribution in [0.3, 0.4) is 0 Å². The van der Waals surface area contributed by atoms with Crippen molar-refractivity contribution in [2.45, 2.75) is 17.0 Å². The fourth-order valence-corrected chi connectivity index (χ4v) is 3.58. The molecule has 2 rings (SSSR count). The minimum atomic E-state index is -3.50. The Labute approximate surface area is 156 Å². The number of amides is 1. The molecule has 0 aliphatic carbocycles. The highest BCUT2D eigenvalue weighted by Gasteiger charge is 2.18. The van der Waals surface area contributed by atoms with Crippen LogP contribution in [0.5, 0.6) is 5.75 Å². The first-order valence-electron chi connectivity index (χ1n) is 7.71. The smallest absolute Gasteiger partial charge is 0.257 e. The predicted octanol–water partition coefficient (Wildman–Crippen LogP) is 0.651. The van der Waals surface area contributed by atoms with Gasteiger partial charge >= 0.3 is 0 Å². The normalized spacial score (nSPS) is 11.5. The van der Waals surface area contributed by atoms with Crippen LogP contribution in [0, 0.1) is 6.92 Å². The lowest BCUT2D eigenvalue weighted by Gasteiger charge is -2.14. The summed E-state index contributed by atoms with van der Waals surface area (Å²) in [6.45, 7) is 2.05. The number of aromatic nitrogens is 3. The number of aryl methyl sites for hydroxylation is 1. The largest absolute Gasteiger partial charge is 0.484 e. The highest BCUT2D eigenvalue weighted by atomic mass is 32.2. The van der Waals surface area contributed by atoms with E-state index in [0.29, 0.717) is 28.8 Å². The van der Waals surface area contributed by atoms with E-state index in [2.05, 4.69) is 20.5 Å². The van der Waals surface area contributed by atoms with Crippen molar-refractivity contribution >= 4 is 27.7 Å². The zero-order valence-corrected chi connectivity index (χ0v) is 16.4. The van der Waals surface area contributed by atoms with Gasteiger partial charge in [-0.3, -0.25) is 9.89 Å². The molecule has 1 heterocycles. The summed E-state index contributed by atoms with van der Waals surface area (Å²) in [4.78, 5) is 16.0. The fourth-order valence-electron chi connectivity index (χ4n) is 1.95. The standard InChI is InChI=1S/C15H21N5O4S2/c1-11-8-12(26(22,23)20(2)3)4-5-13(11)24-9-14(21)16-6-7-25-15-17-10-18-19-15/h4-5,8,10H,6-7,9H2,1-3H3,(H,16,21)(H,17,18,19). The van der Waals surface area contributed by atoms with E-state index in [1.807, 2.05) is 0 Å². The Morgan fingerprint density at radius 3 is 2.77 bits per heavy atom. The Balaban J connectivity index is 1.80. The van der Waals surface area contributed by atoms with Crippen molar-refractivity contribution in [1.29, 1.82) is 0 Å². The molecule has 0 saturated heterocycles. The van der Waals surface area contributed by atoms with Crippen LogP contribution in [0.1, 0.15) is 5.56 Å². The van der Waals surface area contributed by atoms with Crippen LogP contribution in [0.4, 0.5) is 0 Å². The van der Waals surface area contributed by atoms with E-state index >= 15 is 0 Å². The Bertz CT molecular complexity index is 838. The Kier molecular flexibility index (Phi) is 7.00. The summed E-state index contributed by atoms with van der Waals surface area (Å²) in [7, 11) is -0.552. The highest BCUT2D eigenvalue weighted by Crippen LogP contribution is 2.23. The van der Waals surface area contributed by atoms with E-state index in [4.69, 9.17) is 4.74 Å². The number of aromatic amines is 1. The SMILES string of the molecule is Cc1cc(S(=O)(=O)N(C)C)ccc1OCC(=O)NCCSc1ncn[nH]1. The van der Waals surface area contributed by atoms with E-state index < -0.39 is 10.0 Å². The number of thioether (sulfide) groups is 1. The second kappa shape index (κ2) is 9.01. The van der Waals surface area contributed by atoms with Gasteiger partial charge in [0.05, 0.1) is 4.90 Å². The number of nitrogens with zero attached hydrogens (tertiary/aromatic N) is 3. The van der Waals surface area contributed by atoms with Gasteiger partial charge in [-0.25, -0.2) is 17.7 Å². The summed E-state index contributed by atoms with van der Waals surface area (Å²) in [5.74, 6) is 0.860. The number of sulfonamides is 1. The van der Waals surface area contributed by atoms with Gasteiger partial charge in [-0.15, -0.1) is 0 Å². The molecule has 11 heteroatoms. The van der Waals surface area contributed by atoms with Gasteiger partial charge in [0.2, 0.25) is 10.0 Å². The molecule has 26 heavy (non-hydrogen) atoms. The van der Waals surface area contributed by atoms with Gasteiger partial charge in [0.1, 0.15) is 12.1 Å². The molecule has 1 aromatic heterocycles. The average molecular weight is 399 g/mol. The number of nitrogens with one attached hydrogen (secondary N) is 2. The predicted molar refractivity (Wildman–Crippen MR) is 97.7 cm³/mol. The molecule has 0 aliphatic rings. The van der Waals surface area contributed by atoms with Gasteiger partial charge in [-0.2, -0.15) is 5.10 Å². The molecule has 1 amide bonds. The zero-order chi connectivity index (χ0) is 19.2. The van der Waals surface area contributed by atoms with Crippen LogP contribution in [-0.4, -0.2) is 66.8 Å². The number of ether oxygens (including phenoxy) is 1. The monoisotopic (exact) mass is 399 g/mol. The Hall–Kier alpha value is -2.11. The quantitative estimate of drug-likeness (QED) is 0.470. The van der Waals surface area contributed by atoms with Crippen molar-refractivity contribution < 1.29 is 17.9 Å². The maximum absolute atomic E-state index is 12.1. The number of hydrogen-bond donors (Lipinski definition) is 2. The lowest BCUT2D eigenvalue weighted by molar-refractivity contribution is -0.122. The molecule has 0 aliphatic heterocycles. The van der Waals surface area contributed by atoms with E-state index in [1.54, 1.807) is 13.0 Å². The summed E-state index contributed by atoms with van der Waals surface area (Å²) in [5, 5.41) is 9.88. The summed E-state index contributed by atoms with van der Waals surface area (Å²) in [6, 6.07) is 4.54. The molecule has 0 saturated carbocycles. The number of benzene rings is 1. The third-order valence-corrected chi connectivity index (χ3v) is 6.03. The minimum Gasteiger partial charge on any atom is -0.484 e. The second-order valence-corrected chi connectivity index (χ2v) is 8.73. The summed E-state index contributed by atoms with van der Waals surface area (Å²) >= 11 is 1.45. The van der Waals surface area contributed by atoms with Crippen molar-refractivity contribution in [3.63, 3.8) is 0 Å². The molecule has 2 aromatic rings. The van der Waals surface area contributed by atoms with Crippen molar-refractivity contribution in [1.82, 2.24) is 24.8 Å². The molecule has 0 fully saturated rings. The van der Waals surface area contributed by atoms with Crippen LogP contribution < -0.4 is 10.1 Å². The Morgan fingerprint density at radius 1 is 1.38 bits per heavy atom. The maximum atomic E-state index is 12.1. The number of hydrogen-bond acceptors (Lipinski definition) is 7. The van der Waals surface area contributed by atoms with Crippen molar-refractivity contribution in [3.05, 3.63) is 30.1 Å². The van der Waals surface area contributed by atoms with Gasteiger partial charge in [0.15, 0.2) is 11.8 Å². The summed E-state index contributed by atoms with van der Waals surface area (Å²) < 4.78 is 30.8. The summed E-state index contributed by atoms with van der Waals surface area (Å²) in [6.07, 6.45) is 1.42. The van der Waals surface area contributed by atoms with E-state index in [9.17, 15) is 13.2 Å². The van der Waals surface area contributed by atoms with Gasteiger partial charge in [-0.05, 0) is 30.7 Å². The second-order valence-electron chi connectivity index (χ2n) is 5.49. The number of carbonyl (C=O) groups is 1. The first-order chi connectivity index (χ1) is 12.3. The molecule has 9 nitrogen and oxygen atoms in total. The number of carbonyl (C=O) groups excluding carboxylic acids is 1. The van der Waals surface area contributed by atoms with E-state index in [1.165, 1.54) is 44.3 Å². The van der Waals surface area contributed by atoms with E-state index in [-0.39, 0.29) is 17.4 Å². The van der Waals surface area contributed by atoms with E-state index in [0.717, 1.165) is 4.31 Å². The lowest BCUT2D eigenvalue weighted by Crippen LogP contribution is -2.30. The average Bonchev–Trinajstić information content (AvgIpc) is 3.10. The molecule has 0 radical (unpaired) electrons. The first kappa shape index (κ1) is 20.2. The molecule has 0 atom stereocenters. The van der Waals surface area contributed by atoms with Crippen LogP contribution in [-0.2, 0) is 14.8 Å². The third-order valence-electron chi connectivity index (χ3n) is 3.34. The molecular weight excluding hydrogens is 378 g/mol. The van der Waals surface area contributed by atoms with Gasteiger partial charge < -0.3 is 10.1 Å². The molecule has 0 unspecified atom stereocenters. The molecule has 1 aromatic carbocycles. The molecule has 0 spiro atoms. The van der Waals surface area contributed by atoms with Gasteiger partial charge in [-0.1, -0.05) is 11.8 Å². The van der Waals surface area contributed by atoms with Gasteiger partial charge in [0, 0.05) is 26.4 Å². The van der Waals surface area contributed by atoms with Crippen LogP contribution >= 0.6 is 11.8 Å². The molecule has 0 bridgehead atoms. The number of rotatable bonds is 9. The Morgan fingerprint density at radius 2 is 2.15 bits per heavy atom. The van der Waals surface area contributed by atoms with Crippen molar-refractivity contribution in [2.75, 3.05) is 33.0 Å². The minimum absolute atomic E-state index is 0.145.